The Morgan fingerprint density at radius 3 is 1.33 bits per heavy atom. The Balaban J connectivity index is 1.48. The zero-order valence-electron chi connectivity index (χ0n) is 19.6. The molecule has 9 nitrogen and oxygen atoms in total. The SMILES string of the molecule is N[C@@H](Cc1ccc(OC(=O)[C@@H](N)Cc2ccc(OC(=O)[C@@H](N)Cc3ccccc3)cc2)cc1)C(=O)O. The van der Waals surface area contributed by atoms with E-state index in [2.05, 4.69) is 0 Å². The van der Waals surface area contributed by atoms with Crippen molar-refractivity contribution in [3.8, 4) is 11.5 Å². The lowest BCUT2D eigenvalue weighted by atomic mass is 10.1. The summed E-state index contributed by atoms with van der Waals surface area (Å²) in [5.41, 5.74) is 19.9. The van der Waals surface area contributed by atoms with Crippen LogP contribution in [0, 0.1) is 0 Å². The van der Waals surface area contributed by atoms with E-state index < -0.39 is 36.0 Å². The Hall–Kier alpha value is -4.05. The van der Waals surface area contributed by atoms with Gasteiger partial charge in [-0.25, -0.2) is 9.59 Å². The fraction of sp³-hybridized carbons (Fsp3) is 0.222. The first-order chi connectivity index (χ1) is 17.2. The van der Waals surface area contributed by atoms with Crippen molar-refractivity contribution in [2.45, 2.75) is 37.4 Å². The summed E-state index contributed by atoms with van der Waals surface area (Å²) in [5.74, 6) is -1.62. The van der Waals surface area contributed by atoms with Gasteiger partial charge in [-0.15, -0.1) is 0 Å². The quantitative estimate of drug-likeness (QED) is 0.230. The highest BCUT2D eigenvalue weighted by Crippen LogP contribution is 2.17. The molecule has 36 heavy (non-hydrogen) atoms. The Morgan fingerprint density at radius 1 is 0.583 bits per heavy atom. The number of nitrogens with two attached hydrogens (primary N) is 3. The fourth-order valence-electron chi connectivity index (χ4n) is 3.40. The van der Waals surface area contributed by atoms with Crippen molar-refractivity contribution < 1.29 is 29.0 Å². The average molecular weight is 492 g/mol. The van der Waals surface area contributed by atoms with Gasteiger partial charge in [0.05, 0.1) is 0 Å². The van der Waals surface area contributed by atoms with Gasteiger partial charge in [0, 0.05) is 0 Å². The van der Waals surface area contributed by atoms with Gasteiger partial charge in [-0.05, 0) is 60.2 Å². The number of carboxylic acids is 1. The molecule has 3 aromatic carbocycles. The van der Waals surface area contributed by atoms with Gasteiger partial charge >= 0.3 is 17.9 Å². The molecule has 7 N–H and O–H groups in total. The molecule has 188 valence electrons. The second-order valence-corrected chi connectivity index (χ2v) is 8.39. The summed E-state index contributed by atoms with van der Waals surface area (Å²) < 4.78 is 10.7. The lowest BCUT2D eigenvalue weighted by Crippen LogP contribution is -2.36. The topological polar surface area (TPSA) is 168 Å². The third-order valence-corrected chi connectivity index (χ3v) is 5.42. The van der Waals surface area contributed by atoms with Crippen LogP contribution in [0.2, 0.25) is 0 Å². The van der Waals surface area contributed by atoms with Crippen LogP contribution in [0.15, 0.2) is 78.9 Å². The zero-order valence-corrected chi connectivity index (χ0v) is 19.6. The maximum atomic E-state index is 12.4. The van der Waals surface area contributed by atoms with Crippen LogP contribution in [0.25, 0.3) is 0 Å². The number of ether oxygens (including phenoxy) is 2. The lowest BCUT2D eigenvalue weighted by Gasteiger charge is -2.13. The van der Waals surface area contributed by atoms with Crippen LogP contribution in [0.1, 0.15) is 16.7 Å². The summed E-state index contributed by atoms with van der Waals surface area (Å²) in [6, 6.07) is 19.7. The van der Waals surface area contributed by atoms with Gasteiger partial charge in [-0.1, -0.05) is 54.6 Å². The first kappa shape index (κ1) is 26.6. The summed E-state index contributed by atoms with van der Waals surface area (Å²) in [6.07, 6.45) is 0.743. The number of carbonyl (C=O) groups excluding carboxylic acids is 2. The van der Waals surface area contributed by atoms with E-state index in [4.69, 9.17) is 31.8 Å². The van der Waals surface area contributed by atoms with Crippen LogP contribution in [0.3, 0.4) is 0 Å². The molecule has 0 radical (unpaired) electrons. The molecule has 0 saturated carbocycles. The third kappa shape index (κ3) is 8.02. The van der Waals surface area contributed by atoms with Crippen LogP contribution in [-0.2, 0) is 33.6 Å². The van der Waals surface area contributed by atoms with Gasteiger partial charge in [-0.2, -0.15) is 0 Å². The predicted molar refractivity (Wildman–Crippen MR) is 133 cm³/mol. The molecule has 9 heteroatoms. The summed E-state index contributed by atoms with van der Waals surface area (Å²) in [5, 5.41) is 8.89. The van der Waals surface area contributed by atoms with Crippen molar-refractivity contribution >= 4 is 17.9 Å². The molecule has 3 aromatic rings. The largest absolute Gasteiger partial charge is 0.480 e. The van der Waals surface area contributed by atoms with Crippen molar-refractivity contribution in [2.24, 2.45) is 17.2 Å². The van der Waals surface area contributed by atoms with E-state index in [-0.39, 0.29) is 18.6 Å². The molecule has 0 aliphatic heterocycles. The maximum absolute atomic E-state index is 12.4. The van der Waals surface area contributed by atoms with Crippen LogP contribution in [0.5, 0.6) is 11.5 Å². The van der Waals surface area contributed by atoms with Gasteiger partial charge in [0.2, 0.25) is 0 Å². The van der Waals surface area contributed by atoms with E-state index >= 15 is 0 Å². The molecule has 0 aromatic heterocycles. The number of hydrogen-bond acceptors (Lipinski definition) is 8. The standard InChI is InChI=1S/C27H29N3O6/c28-22(25(31)32)14-18-6-10-20(11-7-18)36-27(34)24(30)16-19-8-12-21(13-9-19)35-26(33)23(29)15-17-4-2-1-3-5-17/h1-13,22-24H,14-16,28-30H2,(H,31,32)/t22-,23-,24-/m0/s1. The molecule has 0 aliphatic carbocycles. The predicted octanol–water partition coefficient (Wildman–Crippen LogP) is 1.59. The fourth-order valence-corrected chi connectivity index (χ4v) is 3.40. The maximum Gasteiger partial charge on any atom is 0.328 e. The second kappa shape index (κ2) is 12.6. The van der Waals surface area contributed by atoms with Gasteiger partial charge in [0.15, 0.2) is 0 Å². The molecule has 0 aliphatic rings. The molecule has 0 fully saturated rings. The number of carboxylic acid groups (broad SMARTS) is 1. The number of hydrogen-bond donors (Lipinski definition) is 4. The Kier molecular flexibility index (Phi) is 9.29. The molecule has 0 spiro atoms. The van der Waals surface area contributed by atoms with Crippen molar-refractivity contribution in [1.29, 1.82) is 0 Å². The Labute approximate surface area is 208 Å². The average Bonchev–Trinajstić information content (AvgIpc) is 2.86. The summed E-state index contributed by atoms with van der Waals surface area (Å²) in [7, 11) is 0. The van der Waals surface area contributed by atoms with E-state index in [1.807, 2.05) is 30.3 Å². The van der Waals surface area contributed by atoms with E-state index in [1.165, 1.54) is 0 Å². The third-order valence-electron chi connectivity index (χ3n) is 5.42. The van der Waals surface area contributed by atoms with Gasteiger partial charge in [0.25, 0.3) is 0 Å². The van der Waals surface area contributed by atoms with E-state index in [0.717, 1.165) is 11.1 Å². The minimum absolute atomic E-state index is 0.160. The molecule has 0 heterocycles. The normalized spacial score (nSPS) is 13.3. The minimum atomic E-state index is -1.09. The second-order valence-electron chi connectivity index (χ2n) is 8.39. The number of benzene rings is 3. The van der Waals surface area contributed by atoms with Gasteiger partial charge in [-0.3, -0.25) is 4.79 Å². The molecule has 0 saturated heterocycles. The first-order valence-electron chi connectivity index (χ1n) is 11.4. The highest BCUT2D eigenvalue weighted by Gasteiger charge is 2.19. The van der Waals surface area contributed by atoms with Crippen LogP contribution in [-0.4, -0.2) is 41.1 Å². The molecule has 0 bridgehead atoms. The van der Waals surface area contributed by atoms with Gasteiger partial charge in [0.1, 0.15) is 29.6 Å². The number of esters is 2. The molecule has 0 unspecified atom stereocenters. The summed E-state index contributed by atoms with van der Waals surface area (Å²) in [6.45, 7) is 0. The highest BCUT2D eigenvalue weighted by atomic mass is 16.5. The minimum Gasteiger partial charge on any atom is -0.480 e. The lowest BCUT2D eigenvalue weighted by molar-refractivity contribution is -0.138. The molecular weight excluding hydrogens is 462 g/mol. The Morgan fingerprint density at radius 2 is 0.944 bits per heavy atom. The molecule has 0 amide bonds. The van der Waals surface area contributed by atoms with Crippen molar-refractivity contribution in [3.63, 3.8) is 0 Å². The van der Waals surface area contributed by atoms with Crippen LogP contribution in [0.4, 0.5) is 0 Å². The first-order valence-corrected chi connectivity index (χ1v) is 11.4. The van der Waals surface area contributed by atoms with E-state index in [1.54, 1.807) is 48.5 Å². The van der Waals surface area contributed by atoms with Crippen molar-refractivity contribution in [1.82, 2.24) is 0 Å². The highest BCUT2D eigenvalue weighted by molar-refractivity contribution is 5.79. The summed E-state index contributed by atoms with van der Waals surface area (Å²) >= 11 is 0. The number of carbonyl (C=O) groups is 3. The zero-order chi connectivity index (χ0) is 26.1. The molecular formula is C27H29N3O6. The van der Waals surface area contributed by atoms with Crippen LogP contribution >= 0.6 is 0 Å². The van der Waals surface area contributed by atoms with Crippen molar-refractivity contribution in [3.05, 3.63) is 95.6 Å². The van der Waals surface area contributed by atoms with E-state index in [0.29, 0.717) is 17.7 Å². The van der Waals surface area contributed by atoms with E-state index in [9.17, 15) is 14.4 Å². The molecule has 3 atom stereocenters. The number of rotatable bonds is 11. The van der Waals surface area contributed by atoms with Crippen LogP contribution < -0.4 is 26.7 Å². The monoisotopic (exact) mass is 491 g/mol. The van der Waals surface area contributed by atoms with Gasteiger partial charge < -0.3 is 31.8 Å². The smallest absolute Gasteiger partial charge is 0.328 e. The Bertz CT molecular complexity index is 1170. The number of aliphatic carboxylic acids is 1. The summed E-state index contributed by atoms with van der Waals surface area (Å²) in [4.78, 5) is 35.5. The van der Waals surface area contributed by atoms with Crippen molar-refractivity contribution in [2.75, 3.05) is 0 Å². The molecule has 3 rings (SSSR count).